The maximum absolute atomic E-state index is 12.4. The summed E-state index contributed by atoms with van der Waals surface area (Å²) in [5.74, 6) is 0.131. The number of nitrogens with zero attached hydrogens (tertiary/aromatic N) is 5. The van der Waals surface area contributed by atoms with Crippen molar-refractivity contribution in [3.8, 4) is 0 Å². The van der Waals surface area contributed by atoms with E-state index in [9.17, 15) is 9.59 Å². The molecule has 0 aliphatic carbocycles. The molecule has 0 spiro atoms. The molecular weight excluding hydrogens is 364 g/mol. The molecular formula is C18H20N6O2S. The van der Waals surface area contributed by atoms with Crippen LogP contribution >= 0.6 is 11.3 Å². The minimum Gasteiger partial charge on any atom is -0.368 e. The van der Waals surface area contributed by atoms with Gasteiger partial charge in [-0.2, -0.15) is 4.52 Å². The summed E-state index contributed by atoms with van der Waals surface area (Å²) in [5.41, 5.74) is 0.989. The summed E-state index contributed by atoms with van der Waals surface area (Å²) in [6.07, 6.45) is 1.86. The minimum absolute atomic E-state index is 0.131. The van der Waals surface area contributed by atoms with Gasteiger partial charge in [0.15, 0.2) is 0 Å². The van der Waals surface area contributed by atoms with E-state index < -0.39 is 0 Å². The fourth-order valence-electron chi connectivity index (χ4n) is 3.10. The van der Waals surface area contributed by atoms with Gasteiger partial charge in [-0.15, -0.1) is 5.10 Å². The molecule has 2 aromatic heterocycles. The number of hydrogen-bond acceptors (Lipinski definition) is 7. The Kier molecular flexibility index (Phi) is 5.01. The molecule has 140 valence electrons. The summed E-state index contributed by atoms with van der Waals surface area (Å²) in [6, 6.07) is 11.6. The number of carbonyl (C=O) groups excluding carboxylic acids is 1. The molecule has 0 radical (unpaired) electrons. The van der Waals surface area contributed by atoms with E-state index >= 15 is 0 Å². The van der Waals surface area contributed by atoms with Gasteiger partial charge in [-0.1, -0.05) is 29.5 Å². The number of carbonyl (C=O) groups is 1. The number of fused-ring (bicyclic) bond motifs is 1. The Balaban J connectivity index is 1.26. The number of amides is 1. The lowest BCUT2D eigenvalue weighted by Gasteiger charge is -2.36. The average molecular weight is 384 g/mol. The second-order valence-electron chi connectivity index (χ2n) is 6.26. The molecule has 3 heterocycles. The fourth-order valence-corrected chi connectivity index (χ4v) is 3.90. The standard InChI is InChI=1S/C18H20N6O2S/c25-15(23-12-10-22(11-13-23)14-4-2-1-3-5-14)6-8-19-17-21-24-16(26)7-9-20-18(24)27-17/h1-5,7,9H,6,8,10-13H2,(H,19,21). The Labute approximate surface area is 160 Å². The Morgan fingerprint density at radius 3 is 2.63 bits per heavy atom. The molecule has 1 aliphatic rings. The van der Waals surface area contributed by atoms with Crippen LogP contribution in [0.3, 0.4) is 0 Å². The van der Waals surface area contributed by atoms with Crippen LogP contribution in [0.15, 0.2) is 47.4 Å². The number of anilines is 2. The van der Waals surface area contributed by atoms with Crippen molar-refractivity contribution in [1.29, 1.82) is 0 Å². The van der Waals surface area contributed by atoms with E-state index in [0.717, 1.165) is 26.2 Å². The number of piperazine rings is 1. The Morgan fingerprint density at radius 2 is 1.89 bits per heavy atom. The highest BCUT2D eigenvalue weighted by Crippen LogP contribution is 2.17. The highest BCUT2D eigenvalue weighted by atomic mass is 32.1. The maximum atomic E-state index is 12.4. The van der Waals surface area contributed by atoms with Crippen molar-refractivity contribution in [2.45, 2.75) is 6.42 Å². The number of hydrogen-bond donors (Lipinski definition) is 1. The normalized spacial score (nSPS) is 14.5. The van der Waals surface area contributed by atoms with Gasteiger partial charge in [0.25, 0.3) is 5.56 Å². The van der Waals surface area contributed by atoms with E-state index in [4.69, 9.17) is 0 Å². The molecule has 9 heteroatoms. The molecule has 0 bridgehead atoms. The lowest BCUT2D eigenvalue weighted by atomic mass is 10.2. The Morgan fingerprint density at radius 1 is 1.11 bits per heavy atom. The predicted molar refractivity (Wildman–Crippen MR) is 105 cm³/mol. The van der Waals surface area contributed by atoms with Crippen molar-refractivity contribution in [3.63, 3.8) is 0 Å². The lowest BCUT2D eigenvalue weighted by molar-refractivity contribution is -0.131. The second-order valence-corrected chi connectivity index (χ2v) is 7.22. The van der Waals surface area contributed by atoms with Crippen LogP contribution in [0.25, 0.3) is 4.96 Å². The van der Waals surface area contributed by atoms with E-state index in [-0.39, 0.29) is 11.5 Å². The maximum Gasteiger partial charge on any atom is 0.275 e. The Bertz CT molecular complexity index is 978. The van der Waals surface area contributed by atoms with E-state index in [1.54, 1.807) is 0 Å². The third kappa shape index (κ3) is 3.92. The zero-order valence-corrected chi connectivity index (χ0v) is 15.6. The minimum atomic E-state index is -0.211. The SMILES string of the molecule is O=C(CCNc1nn2c(=O)ccnc2s1)N1CCN(c2ccccc2)CC1. The molecule has 1 saturated heterocycles. The van der Waals surface area contributed by atoms with E-state index in [1.165, 1.54) is 33.8 Å². The van der Waals surface area contributed by atoms with Gasteiger partial charge in [0.05, 0.1) is 0 Å². The largest absolute Gasteiger partial charge is 0.368 e. The van der Waals surface area contributed by atoms with E-state index in [1.807, 2.05) is 23.1 Å². The first-order valence-corrected chi connectivity index (χ1v) is 9.69. The van der Waals surface area contributed by atoms with Gasteiger partial charge in [0, 0.05) is 57.1 Å². The molecule has 1 aromatic carbocycles. The predicted octanol–water partition coefficient (Wildman–Crippen LogP) is 1.30. The van der Waals surface area contributed by atoms with Gasteiger partial charge in [-0.3, -0.25) is 9.59 Å². The van der Waals surface area contributed by atoms with Gasteiger partial charge in [0.1, 0.15) is 0 Å². The summed E-state index contributed by atoms with van der Waals surface area (Å²) in [4.78, 5) is 33.0. The highest BCUT2D eigenvalue weighted by Gasteiger charge is 2.20. The zero-order chi connectivity index (χ0) is 18.6. The molecule has 1 aliphatic heterocycles. The highest BCUT2D eigenvalue weighted by molar-refractivity contribution is 7.20. The molecule has 0 unspecified atom stereocenters. The summed E-state index contributed by atoms with van der Waals surface area (Å²) in [6.45, 7) is 3.62. The van der Waals surface area contributed by atoms with Crippen molar-refractivity contribution in [3.05, 3.63) is 52.9 Å². The van der Waals surface area contributed by atoms with E-state index in [2.05, 4.69) is 32.4 Å². The van der Waals surface area contributed by atoms with Crippen LogP contribution in [0.5, 0.6) is 0 Å². The first-order valence-electron chi connectivity index (χ1n) is 8.87. The fraction of sp³-hybridized carbons (Fsp3) is 0.333. The molecule has 1 amide bonds. The first kappa shape index (κ1) is 17.5. The van der Waals surface area contributed by atoms with Crippen LogP contribution in [-0.2, 0) is 4.79 Å². The van der Waals surface area contributed by atoms with Crippen LogP contribution < -0.4 is 15.8 Å². The van der Waals surface area contributed by atoms with Gasteiger partial charge < -0.3 is 15.1 Å². The van der Waals surface area contributed by atoms with Crippen molar-refractivity contribution < 1.29 is 4.79 Å². The molecule has 3 aromatic rings. The smallest absolute Gasteiger partial charge is 0.275 e. The average Bonchev–Trinajstić information content (AvgIpc) is 3.13. The van der Waals surface area contributed by atoms with Crippen molar-refractivity contribution in [2.24, 2.45) is 0 Å². The summed E-state index contributed by atoms with van der Waals surface area (Å²) < 4.78 is 1.26. The number of rotatable bonds is 5. The topological polar surface area (TPSA) is 82.8 Å². The number of aromatic nitrogens is 3. The molecule has 8 nitrogen and oxygen atoms in total. The van der Waals surface area contributed by atoms with E-state index in [0.29, 0.717) is 23.1 Å². The summed E-state index contributed by atoms with van der Waals surface area (Å²) in [7, 11) is 0. The van der Waals surface area contributed by atoms with Crippen molar-refractivity contribution >= 4 is 33.0 Å². The third-order valence-corrected chi connectivity index (χ3v) is 5.42. The second kappa shape index (κ2) is 7.75. The Hall–Kier alpha value is -2.94. The summed E-state index contributed by atoms with van der Waals surface area (Å²) >= 11 is 1.29. The first-order chi connectivity index (χ1) is 13.2. The van der Waals surface area contributed by atoms with Crippen LogP contribution in [0.2, 0.25) is 0 Å². The number of nitrogens with one attached hydrogen (secondary N) is 1. The quantitative estimate of drug-likeness (QED) is 0.714. The van der Waals surface area contributed by atoms with Gasteiger partial charge >= 0.3 is 0 Å². The number of para-hydroxylation sites is 1. The monoisotopic (exact) mass is 384 g/mol. The molecule has 0 atom stereocenters. The lowest BCUT2D eigenvalue weighted by Crippen LogP contribution is -2.49. The molecule has 1 N–H and O–H groups in total. The van der Waals surface area contributed by atoms with Crippen LogP contribution in [0.4, 0.5) is 10.8 Å². The molecule has 1 fully saturated rings. The van der Waals surface area contributed by atoms with Gasteiger partial charge in [-0.05, 0) is 12.1 Å². The molecule has 0 saturated carbocycles. The third-order valence-electron chi connectivity index (χ3n) is 4.54. The van der Waals surface area contributed by atoms with Gasteiger partial charge in [0.2, 0.25) is 16.0 Å². The molecule has 27 heavy (non-hydrogen) atoms. The number of benzene rings is 1. The van der Waals surface area contributed by atoms with Crippen LogP contribution in [0.1, 0.15) is 6.42 Å². The van der Waals surface area contributed by atoms with Gasteiger partial charge in [-0.25, -0.2) is 4.98 Å². The molecule has 4 rings (SSSR count). The van der Waals surface area contributed by atoms with Crippen LogP contribution in [0, 0.1) is 0 Å². The summed E-state index contributed by atoms with van der Waals surface area (Å²) in [5, 5.41) is 7.89. The van der Waals surface area contributed by atoms with Crippen LogP contribution in [-0.4, -0.2) is 58.1 Å². The zero-order valence-electron chi connectivity index (χ0n) is 14.7. The van der Waals surface area contributed by atoms with Crippen molar-refractivity contribution in [1.82, 2.24) is 19.5 Å². The van der Waals surface area contributed by atoms with Crippen molar-refractivity contribution in [2.75, 3.05) is 42.9 Å².